The molecule has 1 rings (SSSR count). The zero-order valence-corrected chi connectivity index (χ0v) is 17.7. The Morgan fingerprint density at radius 1 is 1.21 bits per heavy atom. The maximum Gasteiger partial charge on any atom is 0.311 e. The summed E-state index contributed by atoms with van der Waals surface area (Å²) < 4.78 is 12.5. The lowest BCUT2D eigenvalue weighted by atomic mass is 9.88. The molecule has 0 aliphatic heterocycles. The van der Waals surface area contributed by atoms with Gasteiger partial charge in [0.25, 0.3) is 0 Å². The van der Waals surface area contributed by atoms with Gasteiger partial charge in [0.2, 0.25) is 0 Å². The van der Waals surface area contributed by atoms with Crippen LogP contribution in [0, 0.1) is 32.1 Å². The van der Waals surface area contributed by atoms with Crippen LogP contribution in [0.25, 0.3) is 0 Å². The molecule has 1 aromatic carbocycles. The van der Waals surface area contributed by atoms with Gasteiger partial charge >= 0.3 is 5.97 Å². The molecule has 0 unspecified atom stereocenters. The van der Waals surface area contributed by atoms with E-state index in [0.717, 1.165) is 34.2 Å². The van der Waals surface area contributed by atoms with Gasteiger partial charge in [-0.05, 0) is 76.1 Å². The van der Waals surface area contributed by atoms with Gasteiger partial charge in [-0.3, -0.25) is 4.79 Å². The minimum Gasteiger partial charge on any atom is -0.493 e. The molecule has 0 saturated carbocycles. The van der Waals surface area contributed by atoms with Gasteiger partial charge < -0.3 is 9.47 Å². The molecule has 0 fully saturated rings. The average Bonchev–Trinajstić information content (AvgIpc) is 2.49. The number of hydrogen-bond donors (Lipinski definition) is 0. The van der Waals surface area contributed by atoms with Crippen LogP contribution >= 0.6 is 15.9 Å². The summed E-state index contributed by atoms with van der Waals surface area (Å²) in [6.45, 7) is 15.3. The lowest BCUT2D eigenvalue weighted by molar-refractivity contribution is -0.155. The molecule has 0 atom stereocenters. The van der Waals surface area contributed by atoms with E-state index < -0.39 is 5.41 Å². The molecule has 0 N–H and O–H groups in total. The van der Waals surface area contributed by atoms with E-state index in [1.165, 1.54) is 5.56 Å². The van der Waals surface area contributed by atoms with Gasteiger partial charge in [0, 0.05) is 4.47 Å². The fourth-order valence-electron chi connectivity index (χ4n) is 2.46. The number of esters is 1. The van der Waals surface area contributed by atoms with E-state index in [0.29, 0.717) is 19.1 Å². The lowest BCUT2D eigenvalue weighted by Gasteiger charge is -2.23. The van der Waals surface area contributed by atoms with Crippen LogP contribution in [0.3, 0.4) is 0 Å². The van der Waals surface area contributed by atoms with Crippen LogP contribution in [0.15, 0.2) is 10.5 Å². The van der Waals surface area contributed by atoms with Crippen LogP contribution in [-0.2, 0) is 9.53 Å². The monoisotopic (exact) mass is 398 g/mol. The highest BCUT2D eigenvalue weighted by Gasteiger charge is 2.29. The predicted octanol–water partition coefficient (Wildman–Crippen LogP) is 5.76. The summed E-state index contributed by atoms with van der Waals surface area (Å²) in [6.07, 6.45) is 1.56. The molecular formula is C20H31BrO3. The average molecular weight is 399 g/mol. The number of rotatable bonds is 8. The molecule has 0 aliphatic rings. The van der Waals surface area contributed by atoms with Crippen LogP contribution in [-0.4, -0.2) is 19.2 Å². The minimum atomic E-state index is -0.474. The quantitative estimate of drug-likeness (QED) is 0.412. The van der Waals surface area contributed by atoms with E-state index >= 15 is 0 Å². The Kier molecular flexibility index (Phi) is 7.78. The van der Waals surface area contributed by atoms with E-state index in [4.69, 9.17) is 9.47 Å². The Hall–Kier alpha value is -1.03. The molecule has 4 heteroatoms. The molecular weight excluding hydrogens is 368 g/mol. The van der Waals surface area contributed by atoms with Crippen molar-refractivity contribution in [2.45, 2.75) is 61.3 Å². The molecule has 0 aliphatic carbocycles. The van der Waals surface area contributed by atoms with Crippen molar-refractivity contribution in [3.63, 3.8) is 0 Å². The summed E-state index contributed by atoms with van der Waals surface area (Å²) in [5.74, 6) is 1.19. The highest BCUT2D eigenvalue weighted by molar-refractivity contribution is 9.10. The van der Waals surface area contributed by atoms with Crippen molar-refractivity contribution >= 4 is 21.9 Å². The number of hydrogen-bond acceptors (Lipinski definition) is 3. The maximum absolute atomic E-state index is 12.2. The fraction of sp³-hybridized carbons (Fsp3) is 0.650. The van der Waals surface area contributed by atoms with E-state index in [-0.39, 0.29) is 5.97 Å². The topological polar surface area (TPSA) is 35.5 Å². The van der Waals surface area contributed by atoms with Crippen molar-refractivity contribution in [3.8, 4) is 5.75 Å². The van der Waals surface area contributed by atoms with Crippen LogP contribution in [0.2, 0.25) is 0 Å². The molecule has 0 amide bonds. The third-order valence-corrected chi connectivity index (χ3v) is 5.08. The van der Waals surface area contributed by atoms with Gasteiger partial charge in [-0.1, -0.05) is 29.8 Å². The summed E-state index contributed by atoms with van der Waals surface area (Å²) >= 11 is 3.57. The molecule has 0 radical (unpaired) electrons. The normalized spacial score (nSPS) is 11.7. The molecule has 1 aromatic rings. The second kappa shape index (κ2) is 8.89. The molecule has 0 heterocycles. The van der Waals surface area contributed by atoms with E-state index in [1.807, 2.05) is 27.7 Å². The molecule has 0 bridgehead atoms. The number of aryl methyl sites for hydroxylation is 1. The van der Waals surface area contributed by atoms with Gasteiger partial charge in [-0.2, -0.15) is 0 Å². The number of carbonyl (C=O) groups excluding carboxylic acids is 1. The molecule has 3 nitrogen and oxygen atoms in total. The number of ether oxygens (including phenoxy) is 2. The van der Waals surface area contributed by atoms with Crippen LogP contribution < -0.4 is 4.74 Å². The summed E-state index contributed by atoms with van der Waals surface area (Å²) in [7, 11) is 0. The van der Waals surface area contributed by atoms with Gasteiger partial charge in [0.05, 0.1) is 18.6 Å². The van der Waals surface area contributed by atoms with Gasteiger partial charge in [0.15, 0.2) is 0 Å². The minimum absolute atomic E-state index is 0.122. The standard InChI is InChI=1S/C20H31BrO3/c1-13(2)12-24-19(22)20(6,7)9-8-10-23-18-14(3)11-17(21)15(4)16(18)5/h11,13H,8-10,12H2,1-7H3. The van der Waals surface area contributed by atoms with Crippen molar-refractivity contribution < 1.29 is 14.3 Å². The van der Waals surface area contributed by atoms with Crippen LogP contribution in [0.1, 0.15) is 57.2 Å². The first-order valence-corrected chi connectivity index (χ1v) is 9.42. The van der Waals surface area contributed by atoms with Crippen molar-refractivity contribution in [2.24, 2.45) is 11.3 Å². The van der Waals surface area contributed by atoms with Gasteiger partial charge in [-0.15, -0.1) is 0 Å². The largest absolute Gasteiger partial charge is 0.493 e. The zero-order chi connectivity index (χ0) is 18.5. The van der Waals surface area contributed by atoms with Crippen molar-refractivity contribution in [2.75, 3.05) is 13.2 Å². The maximum atomic E-state index is 12.2. The van der Waals surface area contributed by atoms with Crippen LogP contribution in [0.4, 0.5) is 0 Å². The Morgan fingerprint density at radius 3 is 2.42 bits per heavy atom. The van der Waals surface area contributed by atoms with Gasteiger partial charge in [0.1, 0.15) is 5.75 Å². The second-order valence-corrected chi connectivity index (χ2v) is 8.44. The number of carbonyl (C=O) groups is 1. The van der Waals surface area contributed by atoms with E-state index in [1.54, 1.807) is 0 Å². The fourth-order valence-corrected chi connectivity index (χ4v) is 3.10. The predicted molar refractivity (Wildman–Crippen MR) is 103 cm³/mol. The molecule has 0 aromatic heterocycles. The van der Waals surface area contributed by atoms with E-state index in [2.05, 4.69) is 42.8 Å². The Balaban J connectivity index is 2.54. The van der Waals surface area contributed by atoms with E-state index in [9.17, 15) is 4.79 Å². The highest BCUT2D eigenvalue weighted by Crippen LogP contribution is 2.32. The number of halogens is 1. The Labute approximate surface area is 155 Å². The third kappa shape index (κ3) is 5.80. The molecule has 0 spiro atoms. The molecule has 0 saturated heterocycles. The first-order chi connectivity index (χ1) is 11.1. The Morgan fingerprint density at radius 2 is 1.83 bits per heavy atom. The summed E-state index contributed by atoms with van der Waals surface area (Å²) in [5, 5.41) is 0. The molecule has 24 heavy (non-hydrogen) atoms. The smallest absolute Gasteiger partial charge is 0.311 e. The SMILES string of the molecule is Cc1cc(Br)c(C)c(C)c1OCCCC(C)(C)C(=O)OCC(C)C. The number of benzene rings is 1. The summed E-state index contributed by atoms with van der Waals surface area (Å²) in [6, 6.07) is 2.09. The third-order valence-electron chi connectivity index (χ3n) is 4.26. The van der Waals surface area contributed by atoms with Crippen LogP contribution in [0.5, 0.6) is 5.75 Å². The lowest BCUT2D eigenvalue weighted by Crippen LogP contribution is -2.28. The van der Waals surface area contributed by atoms with Gasteiger partial charge in [-0.25, -0.2) is 0 Å². The summed E-state index contributed by atoms with van der Waals surface area (Å²) in [5.41, 5.74) is 3.02. The van der Waals surface area contributed by atoms with Crippen molar-refractivity contribution in [1.29, 1.82) is 0 Å². The Bertz CT molecular complexity index is 577. The zero-order valence-electron chi connectivity index (χ0n) is 16.1. The first kappa shape index (κ1) is 21.0. The first-order valence-electron chi connectivity index (χ1n) is 8.62. The summed E-state index contributed by atoms with van der Waals surface area (Å²) in [4.78, 5) is 12.2. The van der Waals surface area contributed by atoms with Crippen molar-refractivity contribution in [1.82, 2.24) is 0 Å². The highest BCUT2D eigenvalue weighted by atomic mass is 79.9. The second-order valence-electron chi connectivity index (χ2n) is 7.58. The molecule has 136 valence electrons. The van der Waals surface area contributed by atoms with Crippen molar-refractivity contribution in [3.05, 3.63) is 27.2 Å².